The smallest absolute Gasteiger partial charge is 0.338 e. The fourth-order valence-electron chi connectivity index (χ4n) is 4.50. The van der Waals surface area contributed by atoms with Crippen molar-refractivity contribution in [2.75, 3.05) is 13.7 Å². The highest BCUT2D eigenvalue weighted by Crippen LogP contribution is 2.35. The van der Waals surface area contributed by atoms with Crippen LogP contribution in [0.15, 0.2) is 74.0 Å². The van der Waals surface area contributed by atoms with Gasteiger partial charge in [0.05, 0.1) is 41.6 Å². The van der Waals surface area contributed by atoms with Crippen molar-refractivity contribution in [3.8, 4) is 17.1 Å². The third-order valence-electron chi connectivity index (χ3n) is 6.28. The molecule has 4 aromatic rings. The van der Waals surface area contributed by atoms with Gasteiger partial charge in [-0.1, -0.05) is 23.5 Å². The Balaban J connectivity index is 1.68. The summed E-state index contributed by atoms with van der Waals surface area (Å²) >= 11 is 5.58. The van der Waals surface area contributed by atoms with Crippen molar-refractivity contribution in [3.63, 3.8) is 0 Å². The number of benzene rings is 2. The number of aromatic nitrogens is 1. The van der Waals surface area contributed by atoms with Gasteiger partial charge in [0, 0.05) is 17.7 Å². The minimum Gasteiger partial charge on any atom is -0.495 e. The summed E-state index contributed by atoms with van der Waals surface area (Å²) in [4.78, 5) is 42.8. The number of thiazole rings is 1. The third-order valence-corrected chi connectivity index (χ3v) is 8.86. The van der Waals surface area contributed by atoms with E-state index in [1.807, 2.05) is 12.1 Å². The number of hydrogen-bond acceptors (Lipinski definition) is 9. The molecule has 1 atom stereocenters. The molecular weight excluding hydrogens is 776 g/mol. The molecule has 3 heterocycles. The second-order valence-corrected chi connectivity index (χ2v) is 12.2. The first kappa shape index (κ1) is 29.2. The minimum absolute atomic E-state index is 0.0840. The van der Waals surface area contributed by atoms with E-state index in [-0.39, 0.29) is 23.4 Å². The second-order valence-electron chi connectivity index (χ2n) is 8.83. The average molecular weight is 797 g/mol. The van der Waals surface area contributed by atoms with Gasteiger partial charge in [-0.2, -0.15) is 0 Å². The standard InChI is InChI=1S/C28H21I2N3O7S/c1-4-39-27(35)23-14(2)31-28-32(26(34)22(41-28)12-15-10-18(29)25(38-3)19(30)11-15)24(23)21-9-8-20(40-21)16-6-5-7-17(13-16)33(36)37/h5-13,24H,4H2,1-3H3/b22-12-/t24-/m1/s1. The third kappa shape index (κ3) is 5.61. The monoisotopic (exact) mass is 797 g/mol. The normalized spacial score (nSPS) is 15.0. The molecule has 0 aliphatic carbocycles. The maximum atomic E-state index is 13.9. The number of fused-ring (bicyclic) bond motifs is 1. The topological polar surface area (TPSA) is 126 Å². The van der Waals surface area contributed by atoms with Gasteiger partial charge in [0.2, 0.25) is 0 Å². The summed E-state index contributed by atoms with van der Waals surface area (Å²) in [5.74, 6) is 0.800. The number of nitro groups is 1. The lowest BCUT2D eigenvalue weighted by Crippen LogP contribution is -2.39. The molecule has 2 aromatic carbocycles. The molecular formula is C28H21I2N3O7S. The van der Waals surface area contributed by atoms with E-state index in [4.69, 9.17) is 13.9 Å². The van der Waals surface area contributed by atoms with Crippen molar-refractivity contribution >= 4 is 74.3 Å². The summed E-state index contributed by atoms with van der Waals surface area (Å²) in [6.45, 7) is 3.52. The van der Waals surface area contributed by atoms with Crippen molar-refractivity contribution in [2.45, 2.75) is 19.9 Å². The zero-order chi connectivity index (χ0) is 29.4. The number of nitro benzene ring substituents is 1. The molecule has 0 radical (unpaired) electrons. The summed E-state index contributed by atoms with van der Waals surface area (Å²) in [6, 6.07) is 12.2. The minimum atomic E-state index is -0.948. The van der Waals surface area contributed by atoms with Crippen molar-refractivity contribution in [3.05, 3.63) is 108 Å². The van der Waals surface area contributed by atoms with Crippen LogP contribution in [0.5, 0.6) is 5.75 Å². The zero-order valence-electron chi connectivity index (χ0n) is 21.8. The molecule has 1 aliphatic rings. The molecule has 41 heavy (non-hydrogen) atoms. The zero-order valence-corrected chi connectivity index (χ0v) is 27.0. The average Bonchev–Trinajstić information content (AvgIpc) is 3.53. The van der Waals surface area contributed by atoms with Crippen molar-refractivity contribution in [1.82, 2.24) is 4.57 Å². The molecule has 0 saturated heterocycles. The Hall–Kier alpha value is -3.31. The molecule has 5 rings (SSSR count). The van der Waals surface area contributed by atoms with Crippen LogP contribution < -0.4 is 19.6 Å². The van der Waals surface area contributed by atoms with E-state index in [1.54, 1.807) is 51.3 Å². The first-order chi connectivity index (χ1) is 19.6. The number of non-ortho nitro benzene ring substituents is 1. The van der Waals surface area contributed by atoms with Crippen LogP contribution in [0.3, 0.4) is 0 Å². The van der Waals surface area contributed by atoms with Crippen LogP contribution in [0.2, 0.25) is 0 Å². The predicted octanol–water partition coefficient (Wildman–Crippen LogP) is 5.18. The number of methoxy groups -OCH3 is 1. The Morgan fingerprint density at radius 1 is 1.22 bits per heavy atom. The van der Waals surface area contributed by atoms with Crippen LogP contribution in [0, 0.1) is 17.3 Å². The highest BCUT2D eigenvalue weighted by atomic mass is 127. The molecule has 10 nitrogen and oxygen atoms in total. The van der Waals surface area contributed by atoms with Crippen LogP contribution in [0.25, 0.3) is 17.4 Å². The summed E-state index contributed by atoms with van der Waals surface area (Å²) in [5, 5.41) is 11.3. The highest BCUT2D eigenvalue weighted by Gasteiger charge is 2.35. The maximum Gasteiger partial charge on any atom is 0.338 e. The number of halogens is 2. The lowest BCUT2D eigenvalue weighted by atomic mass is 10.0. The molecule has 0 spiro atoms. The van der Waals surface area contributed by atoms with Gasteiger partial charge in [-0.25, -0.2) is 9.79 Å². The molecule has 13 heteroatoms. The molecule has 0 saturated carbocycles. The Kier molecular flexibility index (Phi) is 8.47. The van der Waals surface area contributed by atoms with Gasteiger partial charge in [-0.15, -0.1) is 0 Å². The van der Waals surface area contributed by atoms with Gasteiger partial charge in [0.15, 0.2) is 4.80 Å². The Bertz CT molecular complexity index is 1900. The quantitative estimate of drug-likeness (QED) is 0.109. The van der Waals surface area contributed by atoms with E-state index in [0.717, 1.165) is 18.5 Å². The predicted molar refractivity (Wildman–Crippen MR) is 170 cm³/mol. The number of carbonyl (C=O) groups excluding carboxylic acids is 1. The van der Waals surface area contributed by atoms with Gasteiger partial charge < -0.3 is 13.9 Å². The van der Waals surface area contributed by atoms with Gasteiger partial charge in [-0.3, -0.25) is 19.5 Å². The molecule has 2 aromatic heterocycles. The van der Waals surface area contributed by atoms with E-state index in [1.165, 1.54) is 28.0 Å². The first-order valence-corrected chi connectivity index (χ1v) is 15.2. The molecule has 0 fully saturated rings. The fourth-order valence-corrected chi connectivity index (χ4v) is 7.80. The molecule has 210 valence electrons. The van der Waals surface area contributed by atoms with E-state index in [0.29, 0.717) is 32.1 Å². The molecule has 0 bridgehead atoms. The van der Waals surface area contributed by atoms with Crippen LogP contribution >= 0.6 is 56.5 Å². The van der Waals surface area contributed by atoms with Crippen molar-refractivity contribution in [1.29, 1.82) is 0 Å². The van der Waals surface area contributed by atoms with Gasteiger partial charge in [-0.05, 0) is 94.9 Å². The second kappa shape index (κ2) is 11.9. The van der Waals surface area contributed by atoms with E-state index in [9.17, 15) is 19.7 Å². The lowest BCUT2D eigenvalue weighted by Gasteiger charge is -2.22. The number of carbonyl (C=O) groups is 1. The highest BCUT2D eigenvalue weighted by molar-refractivity contribution is 14.1. The maximum absolute atomic E-state index is 13.9. The van der Waals surface area contributed by atoms with E-state index in [2.05, 4.69) is 50.2 Å². The fraction of sp³-hybridized carbons (Fsp3) is 0.179. The molecule has 1 aliphatic heterocycles. The first-order valence-electron chi connectivity index (χ1n) is 12.2. The van der Waals surface area contributed by atoms with Crippen LogP contribution in [-0.4, -0.2) is 29.2 Å². The van der Waals surface area contributed by atoms with E-state index < -0.39 is 16.9 Å². The Labute approximate surface area is 264 Å². The SMILES string of the molecule is CCOC(=O)C1=C(C)N=c2s/c(=C\c3cc(I)c(OC)c(I)c3)c(=O)n2[C@@H]1c1ccc(-c2cccc([N+](=O)[O-])c2)o1. The van der Waals surface area contributed by atoms with Gasteiger partial charge in [0.25, 0.3) is 11.2 Å². The van der Waals surface area contributed by atoms with Crippen LogP contribution in [0.4, 0.5) is 5.69 Å². The van der Waals surface area contributed by atoms with Crippen molar-refractivity contribution < 1.29 is 23.6 Å². The number of nitrogens with zero attached hydrogens (tertiary/aromatic N) is 3. The lowest BCUT2D eigenvalue weighted by molar-refractivity contribution is -0.384. The van der Waals surface area contributed by atoms with Gasteiger partial charge in [0.1, 0.15) is 23.3 Å². The summed E-state index contributed by atoms with van der Waals surface area (Å²) in [5.41, 5.74) is 1.46. The van der Waals surface area contributed by atoms with Crippen molar-refractivity contribution in [2.24, 2.45) is 4.99 Å². The Morgan fingerprint density at radius 3 is 2.61 bits per heavy atom. The molecule has 0 amide bonds. The Morgan fingerprint density at radius 2 is 1.95 bits per heavy atom. The number of esters is 1. The summed E-state index contributed by atoms with van der Waals surface area (Å²) in [7, 11) is 1.61. The van der Waals surface area contributed by atoms with E-state index >= 15 is 0 Å². The van der Waals surface area contributed by atoms with Crippen LogP contribution in [0.1, 0.15) is 31.2 Å². The number of furan rings is 1. The number of ether oxygens (including phenoxy) is 2. The van der Waals surface area contributed by atoms with Gasteiger partial charge >= 0.3 is 5.97 Å². The number of hydrogen-bond donors (Lipinski definition) is 0. The summed E-state index contributed by atoms with van der Waals surface area (Å²) < 4.78 is 20.6. The number of rotatable bonds is 7. The molecule has 0 N–H and O–H groups in total. The summed E-state index contributed by atoms with van der Waals surface area (Å²) in [6.07, 6.45) is 1.78. The number of allylic oxidation sites excluding steroid dienone is 1. The molecule has 0 unspecified atom stereocenters. The van der Waals surface area contributed by atoms with Crippen LogP contribution in [-0.2, 0) is 9.53 Å². The largest absolute Gasteiger partial charge is 0.495 e.